The van der Waals surface area contributed by atoms with Gasteiger partial charge in [0.25, 0.3) is 5.91 Å². The normalized spacial score (nSPS) is 18.4. The Morgan fingerprint density at radius 2 is 1.76 bits per heavy atom. The van der Waals surface area contributed by atoms with E-state index >= 15 is 0 Å². The van der Waals surface area contributed by atoms with E-state index in [4.69, 9.17) is 14.2 Å². The van der Waals surface area contributed by atoms with E-state index in [9.17, 15) is 9.59 Å². The molecule has 0 aromatic heterocycles. The standard InChI is InChI=1S/C21H23N3O5/c1-27-16-9-13(10-17(28-2)19(16)29-3)11-23-24-21(26)18-15(12-22-20(18)25)14-7-5-4-6-8-14/h4-11,15,18H,12H2,1-3H3,(H,22,25)(H,24,26)/b23-11+/t15-,18-/m0/s1. The van der Waals surface area contributed by atoms with Gasteiger partial charge in [-0.3, -0.25) is 9.59 Å². The fourth-order valence-electron chi connectivity index (χ4n) is 3.35. The summed E-state index contributed by atoms with van der Waals surface area (Å²) in [5.41, 5.74) is 4.03. The van der Waals surface area contributed by atoms with Crippen molar-refractivity contribution in [2.45, 2.75) is 5.92 Å². The molecule has 2 atom stereocenters. The second-order valence-electron chi connectivity index (χ2n) is 6.43. The lowest BCUT2D eigenvalue weighted by atomic mass is 9.88. The van der Waals surface area contributed by atoms with Gasteiger partial charge in [-0.2, -0.15) is 5.10 Å². The topological polar surface area (TPSA) is 98.2 Å². The molecule has 8 nitrogen and oxygen atoms in total. The summed E-state index contributed by atoms with van der Waals surface area (Å²) in [6.45, 7) is 0.414. The smallest absolute Gasteiger partial charge is 0.253 e. The van der Waals surface area contributed by atoms with Gasteiger partial charge in [0.1, 0.15) is 5.92 Å². The lowest BCUT2D eigenvalue weighted by molar-refractivity contribution is -0.133. The zero-order valence-electron chi connectivity index (χ0n) is 16.5. The fraction of sp³-hybridized carbons (Fsp3) is 0.286. The molecule has 2 aromatic carbocycles. The number of carbonyl (C=O) groups is 2. The molecule has 1 aliphatic rings. The molecular formula is C21H23N3O5. The number of benzene rings is 2. The maximum atomic E-state index is 12.6. The number of amides is 2. The summed E-state index contributed by atoms with van der Waals surface area (Å²) >= 11 is 0. The van der Waals surface area contributed by atoms with Crippen molar-refractivity contribution in [1.82, 2.24) is 10.7 Å². The highest BCUT2D eigenvalue weighted by Crippen LogP contribution is 2.37. The van der Waals surface area contributed by atoms with Crippen molar-refractivity contribution < 1.29 is 23.8 Å². The van der Waals surface area contributed by atoms with Crippen molar-refractivity contribution in [2.75, 3.05) is 27.9 Å². The molecule has 152 valence electrons. The molecule has 1 saturated heterocycles. The first-order valence-corrected chi connectivity index (χ1v) is 9.04. The predicted molar refractivity (Wildman–Crippen MR) is 108 cm³/mol. The molecule has 3 rings (SSSR count). The number of nitrogens with zero attached hydrogens (tertiary/aromatic N) is 1. The van der Waals surface area contributed by atoms with Crippen molar-refractivity contribution >= 4 is 18.0 Å². The van der Waals surface area contributed by atoms with Gasteiger partial charge >= 0.3 is 0 Å². The Kier molecular flexibility index (Phi) is 6.33. The Morgan fingerprint density at radius 1 is 1.10 bits per heavy atom. The number of carbonyl (C=O) groups excluding carboxylic acids is 2. The Morgan fingerprint density at radius 3 is 2.34 bits per heavy atom. The van der Waals surface area contributed by atoms with E-state index in [1.807, 2.05) is 30.3 Å². The molecule has 0 bridgehead atoms. The Labute approximate surface area is 168 Å². The van der Waals surface area contributed by atoms with Crippen LogP contribution >= 0.6 is 0 Å². The number of hydrogen-bond acceptors (Lipinski definition) is 6. The van der Waals surface area contributed by atoms with E-state index in [-0.39, 0.29) is 11.8 Å². The highest BCUT2D eigenvalue weighted by Gasteiger charge is 2.40. The average Bonchev–Trinajstić information content (AvgIpc) is 3.14. The van der Waals surface area contributed by atoms with Gasteiger partial charge in [-0.25, -0.2) is 5.43 Å². The van der Waals surface area contributed by atoms with Crippen LogP contribution in [0, 0.1) is 5.92 Å². The second kappa shape index (κ2) is 9.09. The summed E-state index contributed by atoms with van der Waals surface area (Å²) < 4.78 is 15.9. The van der Waals surface area contributed by atoms with Gasteiger partial charge in [-0.1, -0.05) is 30.3 Å². The summed E-state index contributed by atoms with van der Waals surface area (Å²) in [5.74, 6) is -0.436. The number of nitrogens with one attached hydrogen (secondary N) is 2. The third-order valence-corrected chi connectivity index (χ3v) is 4.77. The van der Waals surface area contributed by atoms with E-state index < -0.39 is 11.8 Å². The van der Waals surface area contributed by atoms with Crippen LogP contribution in [-0.2, 0) is 9.59 Å². The molecule has 2 amide bonds. The Bertz CT molecular complexity index is 889. The minimum absolute atomic E-state index is 0.236. The summed E-state index contributed by atoms with van der Waals surface area (Å²) in [7, 11) is 4.55. The molecular weight excluding hydrogens is 374 g/mol. The molecule has 8 heteroatoms. The van der Waals surface area contributed by atoms with Gasteiger partial charge in [-0.05, 0) is 17.7 Å². The zero-order valence-corrected chi connectivity index (χ0v) is 16.5. The number of hydrazone groups is 1. The van der Waals surface area contributed by atoms with Crippen LogP contribution in [0.1, 0.15) is 17.0 Å². The van der Waals surface area contributed by atoms with Crippen LogP contribution < -0.4 is 25.0 Å². The quantitative estimate of drug-likeness (QED) is 0.421. The lowest BCUT2D eigenvalue weighted by Crippen LogP contribution is -2.34. The van der Waals surface area contributed by atoms with Crippen LogP contribution in [0.2, 0.25) is 0 Å². The third kappa shape index (κ3) is 4.31. The average molecular weight is 397 g/mol. The molecule has 0 radical (unpaired) electrons. The summed E-state index contributed by atoms with van der Waals surface area (Å²) in [5, 5.41) is 6.75. The van der Waals surface area contributed by atoms with Gasteiger partial charge in [0.15, 0.2) is 11.5 Å². The van der Waals surface area contributed by atoms with Gasteiger partial charge in [-0.15, -0.1) is 0 Å². The van der Waals surface area contributed by atoms with E-state index in [1.165, 1.54) is 27.5 Å². The van der Waals surface area contributed by atoms with E-state index in [0.717, 1.165) is 5.56 Å². The summed E-state index contributed by atoms with van der Waals surface area (Å²) in [4.78, 5) is 24.8. The molecule has 0 saturated carbocycles. The minimum atomic E-state index is -0.838. The second-order valence-corrected chi connectivity index (χ2v) is 6.43. The van der Waals surface area contributed by atoms with E-state index in [0.29, 0.717) is 29.4 Å². The van der Waals surface area contributed by atoms with Crippen molar-refractivity contribution in [3.63, 3.8) is 0 Å². The molecule has 29 heavy (non-hydrogen) atoms. The summed E-state index contributed by atoms with van der Waals surface area (Å²) in [6, 6.07) is 12.9. The lowest BCUT2D eigenvalue weighted by Gasteiger charge is -2.15. The van der Waals surface area contributed by atoms with Crippen LogP contribution in [0.4, 0.5) is 0 Å². The van der Waals surface area contributed by atoms with Crippen molar-refractivity contribution in [1.29, 1.82) is 0 Å². The highest BCUT2D eigenvalue weighted by molar-refractivity contribution is 6.03. The van der Waals surface area contributed by atoms with E-state index in [1.54, 1.807) is 12.1 Å². The molecule has 1 aliphatic heterocycles. The minimum Gasteiger partial charge on any atom is -0.493 e. The molecule has 0 spiro atoms. The largest absolute Gasteiger partial charge is 0.493 e. The molecule has 1 heterocycles. The van der Waals surface area contributed by atoms with Crippen molar-refractivity contribution in [2.24, 2.45) is 11.0 Å². The zero-order chi connectivity index (χ0) is 20.8. The van der Waals surface area contributed by atoms with Gasteiger partial charge < -0.3 is 19.5 Å². The Hall–Kier alpha value is -3.55. The van der Waals surface area contributed by atoms with Gasteiger partial charge in [0, 0.05) is 18.0 Å². The summed E-state index contributed by atoms with van der Waals surface area (Å²) in [6.07, 6.45) is 1.45. The molecule has 1 fully saturated rings. The first-order valence-electron chi connectivity index (χ1n) is 9.04. The maximum Gasteiger partial charge on any atom is 0.253 e. The monoisotopic (exact) mass is 397 g/mol. The highest BCUT2D eigenvalue weighted by atomic mass is 16.5. The molecule has 0 unspecified atom stereocenters. The van der Waals surface area contributed by atoms with Crippen LogP contribution in [-0.4, -0.2) is 45.9 Å². The first-order chi connectivity index (χ1) is 14.1. The van der Waals surface area contributed by atoms with Gasteiger partial charge in [0.05, 0.1) is 27.5 Å². The van der Waals surface area contributed by atoms with Crippen LogP contribution in [0.5, 0.6) is 17.2 Å². The maximum absolute atomic E-state index is 12.6. The number of ether oxygens (including phenoxy) is 3. The van der Waals surface area contributed by atoms with E-state index in [2.05, 4.69) is 15.8 Å². The molecule has 2 aromatic rings. The Balaban J connectivity index is 1.74. The number of methoxy groups -OCH3 is 3. The SMILES string of the molecule is COc1cc(/C=N/NC(=O)[C@@H]2C(=O)NC[C@H]2c2ccccc2)cc(OC)c1OC. The fourth-order valence-corrected chi connectivity index (χ4v) is 3.35. The first kappa shape index (κ1) is 20.2. The van der Waals surface area contributed by atoms with Crippen molar-refractivity contribution in [3.8, 4) is 17.2 Å². The van der Waals surface area contributed by atoms with Crippen molar-refractivity contribution in [3.05, 3.63) is 53.6 Å². The molecule has 0 aliphatic carbocycles. The number of rotatable bonds is 7. The molecule has 2 N–H and O–H groups in total. The third-order valence-electron chi connectivity index (χ3n) is 4.77. The van der Waals surface area contributed by atoms with Crippen LogP contribution in [0.3, 0.4) is 0 Å². The number of hydrogen-bond donors (Lipinski definition) is 2. The van der Waals surface area contributed by atoms with Gasteiger partial charge in [0.2, 0.25) is 11.7 Å². The van der Waals surface area contributed by atoms with Crippen LogP contribution in [0.15, 0.2) is 47.6 Å². The predicted octanol–water partition coefficient (Wildman–Crippen LogP) is 1.69. The van der Waals surface area contributed by atoms with Crippen LogP contribution in [0.25, 0.3) is 0 Å².